The molecule has 0 radical (unpaired) electrons. The van der Waals surface area contributed by atoms with Crippen LogP contribution in [0.2, 0.25) is 0 Å². The Morgan fingerprint density at radius 1 is 1.19 bits per heavy atom. The molecule has 2 heterocycles. The maximum absolute atomic E-state index is 12.7. The van der Waals surface area contributed by atoms with Gasteiger partial charge in [-0.05, 0) is 29.0 Å². The molecule has 4 heteroatoms. The highest BCUT2D eigenvalue weighted by atomic mass is 32.1. The molecular formula is C17H18N2OS. The number of aromatic nitrogens is 1. The molecule has 0 bridgehead atoms. The van der Waals surface area contributed by atoms with Gasteiger partial charge in [0.25, 0.3) is 5.56 Å². The Kier molecular flexibility index (Phi) is 3.33. The number of nitrogen functional groups attached to an aromatic ring is 1. The van der Waals surface area contributed by atoms with Gasteiger partial charge in [-0.2, -0.15) is 0 Å². The van der Waals surface area contributed by atoms with Crippen molar-refractivity contribution < 1.29 is 0 Å². The monoisotopic (exact) mass is 298 g/mol. The zero-order valence-corrected chi connectivity index (χ0v) is 13.0. The van der Waals surface area contributed by atoms with Gasteiger partial charge in [-0.3, -0.25) is 9.36 Å². The van der Waals surface area contributed by atoms with Crippen molar-refractivity contribution in [2.45, 2.75) is 25.8 Å². The molecule has 0 saturated heterocycles. The van der Waals surface area contributed by atoms with Crippen molar-refractivity contribution in [1.82, 2.24) is 4.57 Å². The van der Waals surface area contributed by atoms with Crippen LogP contribution < -0.4 is 11.3 Å². The zero-order chi connectivity index (χ0) is 15.0. The third-order valence-electron chi connectivity index (χ3n) is 3.79. The third-order valence-corrected chi connectivity index (χ3v) is 5.03. The van der Waals surface area contributed by atoms with Gasteiger partial charge < -0.3 is 5.73 Å². The summed E-state index contributed by atoms with van der Waals surface area (Å²) < 4.78 is 1.68. The first kappa shape index (κ1) is 13.9. The molecular weight excluding hydrogens is 280 g/mol. The first-order valence-corrected chi connectivity index (χ1v) is 7.79. The summed E-state index contributed by atoms with van der Waals surface area (Å²) in [7, 11) is 0. The van der Waals surface area contributed by atoms with Crippen LogP contribution in [0.5, 0.6) is 0 Å². The minimum Gasteiger partial charge on any atom is -0.385 e. The van der Waals surface area contributed by atoms with Gasteiger partial charge in [0.2, 0.25) is 0 Å². The predicted molar refractivity (Wildman–Crippen MR) is 90.0 cm³/mol. The number of hydrogen-bond donors (Lipinski definition) is 1. The van der Waals surface area contributed by atoms with Gasteiger partial charge in [-0.15, -0.1) is 11.3 Å². The van der Waals surface area contributed by atoms with Crippen molar-refractivity contribution in [3.8, 4) is 0 Å². The van der Waals surface area contributed by atoms with Crippen molar-refractivity contribution in [3.05, 3.63) is 63.1 Å². The van der Waals surface area contributed by atoms with Crippen molar-refractivity contribution >= 4 is 27.9 Å². The minimum atomic E-state index is -0.130. The van der Waals surface area contributed by atoms with E-state index in [-0.39, 0.29) is 11.0 Å². The maximum Gasteiger partial charge on any atom is 0.260 e. The molecule has 0 fully saturated rings. The molecule has 3 rings (SSSR count). The number of nitrogens with zero attached hydrogens (tertiary/aromatic N) is 1. The summed E-state index contributed by atoms with van der Waals surface area (Å²) in [6.45, 7) is 4.85. The van der Waals surface area contributed by atoms with E-state index in [0.717, 1.165) is 5.39 Å². The molecule has 0 atom stereocenters. The largest absolute Gasteiger partial charge is 0.385 e. The highest BCUT2D eigenvalue weighted by Gasteiger charge is 2.24. The fourth-order valence-electron chi connectivity index (χ4n) is 2.62. The fourth-order valence-corrected chi connectivity index (χ4v) is 3.46. The van der Waals surface area contributed by atoms with Crippen LogP contribution in [0.15, 0.2) is 52.6 Å². The lowest BCUT2D eigenvalue weighted by atomic mass is 9.91. The molecule has 3 aromatic rings. The van der Waals surface area contributed by atoms with Crippen LogP contribution in [-0.4, -0.2) is 4.57 Å². The molecule has 2 aromatic heterocycles. The Morgan fingerprint density at radius 3 is 2.67 bits per heavy atom. The molecule has 108 valence electrons. The SMILES string of the molecule is CC(C)(Cn1c(N)cc2ccccc2c1=O)c1cccs1. The van der Waals surface area contributed by atoms with Crippen molar-refractivity contribution in [3.63, 3.8) is 0 Å². The van der Waals surface area contributed by atoms with Crippen molar-refractivity contribution in [2.24, 2.45) is 0 Å². The molecule has 0 saturated carbocycles. The fraction of sp³-hybridized carbons (Fsp3) is 0.235. The van der Waals surface area contributed by atoms with E-state index in [4.69, 9.17) is 5.73 Å². The summed E-state index contributed by atoms with van der Waals surface area (Å²) in [5.41, 5.74) is 5.97. The van der Waals surface area contributed by atoms with Gasteiger partial charge in [-0.25, -0.2) is 0 Å². The van der Waals surface area contributed by atoms with E-state index in [1.165, 1.54) is 4.88 Å². The summed E-state index contributed by atoms with van der Waals surface area (Å²) >= 11 is 1.71. The normalized spacial score (nSPS) is 11.9. The molecule has 0 aliphatic rings. The molecule has 0 aliphatic heterocycles. The Bertz CT molecular complexity index is 832. The van der Waals surface area contributed by atoms with E-state index >= 15 is 0 Å². The van der Waals surface area contributed by atoms with Crippen LogP contribution >= 0.6 is 11.3 Å². The Labute approximate surface area is 127 Å². The number of rotatable bonds is 3. The molecule has 0 aliphatic carbocycles. The topological polar surface area (TPSA) is 48.0 Å². The minimum absolute atomic E-state index is 0.0183. The molecule has 1 aromatic carbocycles. The first-order valence-electron chi connectivity index (χ1n) is 6.91. The third kappa shape index (κ3) is 2.47. The predicted octanol–water partition coefficient (Wildman–Crippen LogP) is 3.62. The number of benzene rings is 1. The van der Waals surface area contributed by atoms with Crippen LogP contribution in [-0.2, 0) is 12.0 Å². The van der Waals surface area contributed by atoms with Crippen molar-refractivity contribution in [1.29, 1.82) is 0 Å². The van der Waals surface area contributed by atoms with E-state index in [0.29, 0.717) is 17.7 Å². The number of thiophene rings is 1. The standard InChI is InChI=1S/C17H18N2OS/c1-17(2,14-8-5-9-21-14)11-19-15(18)10-12-6-3-4-7-13(12)16(19)20/h3-10H,11,18H2,1-2H3. The number of hydrogen-bond acceptors (Lipinski definition) is 3. The Morgan fingerprint density at radius 2 is 1.95 bits per heavy atom. The van der Waals surface area contributed by atoms with Gasteiger partial charge >= 0.3 is 0 Å². The average molecular weight is 298 g/mol. The smallest absolute Gasteiger partial charge is 0.260 e. The zero-order valence-electron chi connectivity index (χ0n) is 12.2. The second kappa shape index (κ2) is 5.04. The number of anilines is 1. The summed E-state index contributed by atoms with van der Waals surface area (Å²) in [5, 5.41) is 3.67. The lowest BCUT2D eigenvalue weighted by Gasteiger charge is -2.25. The molecule has 2 N–H and O–H groups in total. The summed E-state index contributed by atoms with van der Waals surface area (Å²) in [4.78, 5) is 13.9. The Balaban J connectivity index is 2.11. The van der Waals surface area contributed by atoms with Crippen LogP contribution in [0.4, 0.5) is 5.82 Å². The van der Waals surface area contributed by atoms with Gasteiger partial charge in [0.1, 0.15) is 5.82 Å². The summed E-state index contributed by atoms with van der Waals surface area (Å²) in [6.07, 6.45) is 0. The van der Waals surface area contributed by atoms with Crippen LogP contribution in [0, 0.1) is 0 Å². The van der Waals surface area contributed by atoms with Crippen LogP contribution in [0.3, 0.4) is 0 Å². The number of pyridine rings is 1. The molecule has 21 heavy (non-hydrogen) atoms. The molecule has 3 nitrogen and oxygen atoms in total. The van der Waals surface area contributed by atoms with Gasteiger partial charge in [-0.1, -0.05) is 38.1 Å². The number of nitrogens with two attached hydrogens (primary N) is 1. The Hall–Kier alpha value is -2.07. The van der Waals surface area contributed by atoms with E-state index in [2.05, 4.69) is 25.3 Å². The summed E-state index contributed by atoms with van der Waals surface area (Å²) in [6, 6.07) is 13.6. The first-order chi connectivity index (χ1) is 9.99. The van der Waals surface area contributed by atoms with Crippen molar-refractivity contribution in [2.75, 3.05) is 5.73 Å². The van der Waals surface area contributed by atoms with Gasteiger partial charge in [0, 0.05) is 22.2 Å². The van der Waals surface area contributed by atoms with Gasteiger partial charge in [0.15, 0.2) is 0 Å². The molecule has 0 amide bonds. The molecule has 0 spiro atoms. The maximum atomic E-state index is 12.7. The van der Waals surface area contributed by atoms with Gasteiger partial charge in [0.05, 0.1) is 0 Å². The van der Waals surface area contributed by atoms with E-state index in [9.17, 15) is 4.79 Å². The second-order valence-corrected chi connectivity index (χ2v) is 6.86. The van der Waals surface area contributed by atoms with Crippen LogP contribution in [0.25, 0.3) is 10.8 Å². The average Bonchev–Trinajstić information content (AvgIpc) is 2.98. The second-order valence-electron chi connectivity index (χ2n) is 5.91. The number of fused-ring (bicyclic) bond motifs is 1. The van der Waals surface area contributed by atoms with E-state index in [1.807, 2.05) is 36.4 Å². The quantitative estimate of drug-likeness (QED) is 0.802. The van der Waals surface area contributed by atoms with Crippen LogP contribution in [0.1, 0.15) is 18.7 Å². The lowest BCUT2D eigenvalue weighted by Crippen LogP contribution is -2.32. The molecule has 0 unspecified atom stereocenters. The van der Waals surface area contributed by atoms with E-state index < -0.39 is 0 Å². The highest BCUT2D eigenvalue weighted by Crippen LogP contribution is 2.29. The summed E-state index contributed by atoms with van der Waals surface area (Å²) in [5.74, 6) is 0.517. The van der Waals surface area contributed by atoms with E-state index in [1.54, 1.807) is 15.9 Å². The highest BCUT2D eigenvalue weighted by molar-refractivity contribution is 7.10. The lowest BCUT2D eigenvalue weighted by molar-refractivity contribution is 0.440.